The molecular formula is C54H67N4O11S+. The molecule has 1 unspecified atom stereocenters. The normalized spacial score (nSPS) is 19.9. The van der Waals surface area contributed by atoms with E-state index in [0.717, 1.165) is 56.2 Å². The van der Waals surface area contributed by atoms with Gasteiger partial charge >= 0.3 is 5.97 Å². The largest absolute Gasteiger partial charge is 0.507 e. The van der Waals surface area contributed by atoms with Gasteiger partial charge in [0.2, 0.25) is 5.69 Å². The molecule has 0 aliphatic carbocycles. The maximum Gasteiger partial charge on any atom is 0.333 e. The van der Waals surface area contributed by atoms with Crippen LogP contribution in [0.5, 0.6) is 11.5 Å². The second-order valence-electron chi connectivity index (χ2n) is 20.0. The summed E-state index contributed by atoms with van der Waals surface area (Å²) in [5, 5.41) is 14.1. The molecule has 3 aromatic carbocycles. The van der Waals surface area contributed by atoms with Crippen molar-refractivity contribution in [2.45, 2.75) is 135 Å². The van der Waals surface area contributed by atoms with Crippen LogP contribution < -0.4 is 15.0 Å². The molecule has 7 rings (SSSR count). The van der Waals surface area contributed by atoms with E-state index in [4.69, 9.17) is 14.3 Å². The Bertz CT molecular complexity index is 2840. The van der Waals surface area contributed by atoms with Gasteiger partial charge in [-0.2, -0.15) is 13.0 Å². The zero-order chi connectivity index (χ0) is 50.9. The summed E-state index contributed by atoms with van der Waals surface area (Å²) in [6.07, 6.45) is 13.1. The smallest absolute Gasteiger partial charge is 0.333 e. The van der Waals surface area contributed by atoms with Gasteiger partial charge in [0.1, 0.15) is 18.0 Å². The van der Waals surface area contributed by atoms with E-state index in [0.29, 0.717) is 75.8 Å². The van der Waals surface area contributed by atoms with Crippen molar-refractivity contribution in [2.24, 2.45) is 0 Å². The van der Waals surface area contributed by atoms with Crippen LogP contribution in [0.1, 0.15) is 119 Å². The molecule has 0 saturated carbocycles. The van der Waals surface area contributed by atoms with Gasteiger partial charge in [-0.3, -0.25) is 18.9 Å². The van der Waals surface area contributed by atoms with E-state index in [1.54, 1.807) is 6.07 Å². The van der Waals surface area contributed by atoms with Crippen LogP contribution in [0.2, 0.25) is 0 Å². The highest BCUT2D eigenvalue weighted by Crippen LogP contribution is 2.48. The molecule has 4 aliphatic heterocycles. The van der Waals surface area contributed by atoms with Crippen LogP contribution >= 0.6 is 0 Å². The molecule has 3 aromatic rings. The Labute approximate surface area is 411 Å². The fraction of sp³-hybridized carbons (Fsp3) is 0.463. The number of carbonyl (C=O) groups is 4. The minimum atomic E-state index is -4.45. The van der Waals surface area contributed by atoms with Crippen LogP contribution in [0.4, 0.5) is 11.4 Å². The first-order valence-corrected chi connectivity index (χ1v) is 25.6. The fourth-order valence-electron chi connectivity index (χ4n) is 10.1. The minimum Gasteiger partial charge on any atom is -0.507 e. The number of nitrogens with zero attached hydrogens (tertiary/aromatic N) is 3. The van der Waals surface area contributed by atoms with E-state index < -0.39 is 38.9 Å². The highest BCUT2D eigenvalue weighted by Gasteiger charge is 2.45. The average Bonchev–Trinajstić information content (AvgIpc) is 3.82. The molecule has 4 aliphatic rings. The predicted octanol–water partition coefficient (Wildman–Crippen LogP) is 8.13. The number of unbranched alkanes of at least 4 members (excludes halogenated alkanes) is 2. The van der Waals surface area contributed by atoms with Gasteiger partial charge in [-0.15, -0.1) is 5.06 Å². The lowest BCUT2D eigenvalue weighted by Gasteiger charge is -2.36. The number of imide groups is 1. The summed E-state index contributed by atoms with van der Waals surface area (Å²) in [5.41, 5.74) is 8.39. The van der Waals surface area contributed by atoms with Crippen LogP contribution in [-0.4, -0.2) is 95.6 Å². The number of allylic oxidation sites excluding steroid dienone is 6. The number of rotatable bonds is 18. The van der Waals surface area contributed by atoms with Gasteiger partial charge in [0, 0.05) is 85.3 Å². The summed E-state index contributed by atoms with van der Waals surface area (Å²) in [5.74, 6) is -0.925. The molecule has 0 bridgehead atoms. The number of benzene rings is 3. The molecule has 1 saturated heterocycles. The molecule has 70 heavy (non-hydrogen) atoms. The number of aryl methyl sites for hydroxylation is 1. The Morgan fingerprint density at radius 2 is 1.59 bits per heavy atom. The molecule has 3 N–H and O–H groups in total. The van der Waals surface area contributed by atoms with Gasteiger partial charge in [-0.1, -0.05) is 49.8 Å². The molecule has 3 amide bonds. The molecule has 0 spiro atoms. The van der Waals surface area contributed by atoms with Crippen LogP contribution in [0.3, 0.4) is 0 Å². The zero-order valence-electron chi connectivity index (χ0n) is 41.9. The fourth-order valence-corrected chi connectivity index (χ4v) is 10.6. The van der Waals surface area contributed by atoms with Crippen molar-refractivity contribution in [3.8, 4) is 11.5 Å². The van der Waals surface area contributed by atoms with E-state index in [1.807, 2.05) is 65.8 Å². The second kappa shape index (κ2) is 20.3. The number of hydrogen-bond donors (Lipinski definition) is 3. The third-order valence-corrected chi connectivity index (χ3v) is 15.2. The van der Waals surface area contributed by atoms with Gasteiger partial charge in [0.05, 0.1) is 23.5 Å². The number of phenolic OH excluding ortho intramolecular Hbond substituents is 1. The highest BCUT2D eigenvalue weighted by atomic mass is 32.2. The lowest BCUT2D eigenvalue weighted by molar-refractivity contribution is -0.438. The summed E-state index contributed by atoms with van der Waals surface area (Å²) >= 11 is 0. The van der Waals surface area contributed by atoms with Gasteiger partial charge in [-0.25, -0.2) is 4.79 Å². The van der Waals surface area contributed by atoms with Gasteiger partial charge in [-0.05, 0) is 114 Å². The number of phenols is 1. The summed E-state index contributed by atoms with van der Waals surface area (Å²) < 4.78 is 48.9. The Balaban J connectivity index is 1.00. The molecule has 15 nitrogen and oxygen atoms in total. The van der Waals surface area contributed by atoms with E-state index in [2.05, 4.69) is 59.8 Å². The number of hydrogen-bond acceptors (Lipinski definition) is 11. The van der Waals surface area contributed by atoms with Gasteiger partial charge < -0.3 is 29.6 Å². The summed E-state index contributed by atoms with van der Waals surface area (Å²) in [4.78, 5) is 56.7. The highest BCUT2D eigenvalue weighted by molar-refractivity contribution is 7.85. The van der Waals surface area contributed by atoms with Gasteiger partial charge in [0.15, 0.2) is 11.3 Å². The molecule has 374 valence electrons. The van der Waals surface area contributed by atoms with Crippen LogP contribution in [0.15, 0.2) is 77.4 Å². The van der Waals surface area contributed by atoms with E-state index in [1.165, 1.54) is 17.7 Å². The summed E-state index contributed by atoms with van der Waals surface area (Å²) in [6.45, 7) is 20.2. The Hall–Kier alpha value is -6.10. The van der Waals surface area contributed by atoms with E-state index >= 15 is 0 Å². The van der Waals surface area contributed by atoms with E-state index in [-0.39, 0.29) is 41.2 Å². The number of anilines is 1. The SMILES string of the molecule is Cc1ccc2c(c1)C(C)(C)C(=CC=CC=CC1=[N+](CCCCCC(=O)ON3C(=O)CCC3=O)c3ccc(S(=O)(=O)O)cc3C1(C)C)N2CCOCCNC(=O)C1(C)CCc2c(C)c(O)c(C)c(C)c2O1. The number of fused-ring (bicyclic) bond motifs is 3. The molecule has 1 atom stereocenters. The predicted molar refractivity (Wildman–Crippen MR) is 266 cm³/mol. The quantitative estimate of drug-likeness (QED) is 0.0365. The maximum atomic E-state index is 13.5. The van der Waals surface area contributed by atoms with Crippen molar-refractivity contribution in [3.63, 3.8) is 0 Å². The third kappa shape index (κ3) is 10.4. The lowest BCUT2D eigenvalue weighted by atomic mass is 9.81. The topological polar surface area (TPSA) is 192 Å². The van der Waals surface area contributed by atoms with Crippen LogP contribution in [0, 0.1) is 27.7 Å². The maximum absolute atomic E-state index is 13.5. The number of nitrogens with one attached hydrogen (secondary N) is 1. The van der Waals surface area contributed by atoms with Gasteiger partial charge in [0.25, 0.3) is 27.8 Å². The third-order valence-electron chi connectivity index (χ3n) is 14.4. The Morgan fingerprint density at radius 3 is 2.30 bits per heavy atom. The molecule has 16 heteroatoms. The van der Waals surface area contributed by atoms with Crippen molar-refractivity contribution in [1.82, 2.24) is 10.4 Å². The molecule has 0 radical (unpaired) electrons. The molecule has 4 heterocycles. The zero-order valence-corrected chi connectivity index (χ0v) is 42.7. The van der Waals surface area contributed by atoms with Crippen molar-refractivity contribution in [1.29, 1.82) is 0 Å². The monoisotopic (exact) mass is 979 g/mol. The average molecular weight is 980 g/mol. The number of ether oxygens (including phenoxy) is 2. The lowest BCUT2D eigenvalue weighted by Crippen LogP contribution is -2.51. The second-order valence-corrected chi connectivity index (χ2v) is 21.4. The van der Waals surface area contributed by atoms with Crippen molar-refractivity contribution in [3.05, 3.63) is 111 Å². The van der Waals surface area contributed by atoms with Crippen LogP contribution in [-0.2, 0) is 56.1 Å². The molecule has 0 aromatic heterocycles. The standard InChI is InChI=1S/C54H66N4O11S/c1-34-19-21-42-40(32-34)52(5,6)45(57(42)29-31-67-30-27-55-51(63)54(9)26-25-39-37(4)49(62)35(2)36(3)50(39)68-54)17-13-10-12-16-44-53(7,8)41-33-38(70(64,65)66)20-22-43(41)56(44)28-15-11-14-18-48(61)69-58-46(59)23-24-47(58)60/h10,12-13,16-17,19-22,32-33H,11,14-15,18,23-31H2,1-9H3,(H2-,55,62,63,64,65,66)/p+1. The first kappa shape index (κ1) is 51.7. The Kier molecular flexibility index (Phi) is 15.0. The minimum absolute atomic E-state index is 0.0301. The number of hydroxylamine groups is 2. The first-order valence-electron chi connectivity index (χ1n) is 24.1. The number of carbonyl (C=O) groups excluding carboxylic acids is 4. The van der Waals surface area contributed by atoms with Crippen LogP contribution in [0.25, 0.3) is 0 Å². The van der Waals surface area contributed by atoms with Crippen molar-refractivity contribution in [2.75, 3.05) is 37.7 Å². The van der Waals surface area contributed by atoms with Crippen molar-refractivity contribution >= 4 is 50.9 Å². The first-order chi connectivity index (χ1) is 33.0. The molecule has 1 fully saturated rings. The number of amides is 3. The number of aromatic hydroxyl groups is 1. The van der Waals surface area contributed by atoms with Crippen molar-refractivity contribution < 1.29 is 56.1 Å². The van der Waals surface area contributed by atoms with E-state index in [9.17, 15) is 37.3 Å². The molecular weight excluding hydrogens is 913 g/mol. The summed E-state index contributed by atoms with van der Waals surface area (Å²) in [6, 6.07) is 11.1. The Morgan fingerprint density at radius 1 is 0.857 bits per heavy atom. The summed E-state index contributed by atoms with van der Waals surface area (Å²) in [7, 11) is -4.45.